The summed E-state index contributed by atoms with van der Waals surface area (Å²) in [6.45, 7) is 2.13. The molecule has 0 fully saturated rings. The van der Waals surface area contributed by atoms with E-state index in [2.05, 4.69) is 22.3 Å². The van der Waals surface area contributed by atoms with E-state index < -0.39 is 5.03 Å². The summed E-state index contributed by atoms with van der Waals surface area (Å²) in [6.07, 6.45) is 5.05. The number of nitrogens with zero attached hydrogens (tertiary/aromatic N) is 5. The van der Waals surface area contributed by atoms with Gasteiger partial charge in [-0.3, -0.25) is 0 Å². The van der Waals surface area contributed by atoms with Crippen LogP contribution in [0.1, 0.15) is 38.4 Å². The van der Waals surface area contributed by atoms with Crippen LogP contribution in [0.4, 0.5) is 0 Å². The van der Waals surface area contributed by atoms with Crippen molar-refractivity contribution in [2.75, 3.05) is 0 Å². The zero-order valence-corrected chi connectivity index (χ0v) is 8.09. The largest absolute Gasteiger partial charge is 0.372 e. The molecule has 0 N–H and O–H groups in total. The van der Waals surface area contributed by atoms with Crippen molar-refractivity contribution < 1.29 is 5.03 Å². The molecule has 0 aromatic carbocycles. The normalized spacial score (nSPS) is 10.4. The molecule has 0 saturated carbocycles. The van der Waals surface area contributed by atoms with E-state index in [9.17, 15) is 10.1 Å². The Morgan fingerprint density at radius 3 is 2.79 bits per heavy atom. The van der Waals surface area contributed by atoms with Crippen LogP contribution in [-0.4, -0.2) is 25.3 Å². The highest BCUT2D eigenvalue weighted by molar-refractivity contribution is 4.75. The number of hydrogen-bond donors (Lipinski definition) is 0. The SMILES string of the molecule is CCCCCCc1nnn([N+](=O)[O-])n1. The summed E-state index contributed by atoms with van der Waals surface area (Å²) in [5, 5.41) is 20.0. The first-order chi connectivity index (χ1) is 6.74. The van der Waals surface area contributed by atoms with Gasteiger partial charge in [-0.15, -0.1) is 0 Å². The maximum atomic E-state index is 10.2. The van der Waals surface area contributed by atoms with Gasteiger partial charge in [0.05, 0.1) is 0 Å². The van der Waals surface area contributed by atoms with Crippen molar-refractivity contribution in [1.82, 2.24) is 20.3 Å². The molecular weight excluding hydrogens is 186 g/mol. The van der Waals surface area contributed by atoms with Gasteiger partial charge in [-0.05, 0) is 11.5 Å². The van der Waals surface area contributed by atoms with Gasteiger partial charge < -0.3 is 10.1 Å². The van der Waals surface area contributed by atoms with Crippen molar-refractivity contribution in [2.24, 2.45) is 0 Å². The molecule has 1 aromatic heterocycles. The third-order valence-electron chi connectivity index (χ3n) is 1.85. The summed E-state index contributed by atoms with van der Waals surface area (Å²) < 4.78 is 0. The smallest absolute Gasteiger partial charge is 0.270 e. The van der Waals surface area contributed by atoms with Crippen molar-refractivity contribution in [2.45, 2.75) is 39.0 Å². The van der Waals surface area contributed by atoms with E-state index in [4.69, 9.17) is 0 Å². The molecule has 0 unspecified atom stereocenters. The first-order valence-electron chi connectivity index (χ1n) is 4.67. The zero-order chi connectivity index (χ0) is 10.4. The van der Waals surface area contributed by atoms with Crippen LogP contribution in [0.2, 0.25) is 0 Å². The standard InChI is InChI=1S/C7H13N5O2/c1-2-3-4-5-6-7-8-10-11(9-7)12(13)14/h2-6H2,1H3. The first-order valence-corrected chi connectivity index (χ1v) is 4.67. The van der Waals surface area contributed by atoms with Crippen molar-refractivity contribution >= 4 is 0 Å². The minimum absolute atomic E-state index is 0.398. The van der Waals surface area contributed by atoms with Gasteiger partial charge >= 0.3 is 0 Å². The Labute approximate surface area is 81.2 Å². The topological polar surface area (TPSA) is 86.7 Å². The van der Waals surface area contributed by atoms with E-state index >= 15 is 0 Å². The molecule has 78 valence electrons. The van der Waals surface area contributed by atoms with Gasteiger partial charge in [0.15, 0.2) is 4.91 Å². The fraction of sp³-hybridized carbons (Fsp3) is 0.857. The fourth-order valence-corrected chi connectivity index (χ4v) is 1.11. The summed E-state index contributed by atoms with van der Waals surface area (Å²) in [5.41, 5.74) is 0. The number of rotatable bonds is 6. The molecule has 0 aliphatic heterocycles. The number of tetrazole rings is 1. The van der Waals surface area contributed by atoms with E-state index in [1.54, 1.807) is 0 Å². The highest BCUT2D eigenvalue weighted by atomic mass is 16.7. The Morgan fingerprint density at radius 1 is 1.43 bits per heavy atom. The lowest BCUT2D eigenvalue weighted by atomic mass is 10.1. The number of aryl methyl sites for hydroxylation is 1. The molecule has 0 aliphatic carbocycles. The van der Waals surface area contributed by atoms with Crippen molar-refractivity contribution in [3.05, 3.63) is 15.9 Å². The van der Waals surface area contributed by atoms with Crippen molar-refractivity contribution in [3.63, 3.8) is 0 Å². The van der Waals surface area contributed by atoms with E-state index in [0.29, 0.717) is 17.2 Å². The molecule has 1 rings (SSSR count). The molecule has 0 atom stereocenters. The average molecular weight is 199 g/mol. The molecule has 1 heterocycles. The maximum absolute atomic E-state index is 10.2. The predicted molar refractivity (Wildman–Crippen MR) is 48.1 cm³/mol. The third kappa shape index (κ3) is 3.08. The molecule has 7 nitrogen and oxygen atoms in total. The number of nitro groups is 1. The summed E-state index contributed by atoms with van der Waals surface area (Å²) in [7, 11) is 0. The molecule has 0 bridgehead atoms. The predicted octanol–water partition coefficient (Wildman–Crippen LogP) is 0.836. The first kappa shape index (κ1) is 10.6. The van der Waals surface area contributed by atoms with Gasteiger partial charge in [-0.1, -0.05) is 26.2 Å². The third-order valence-corrected chi connectivity index (χ3v) is 1.85. The second-order valence-electron chi connectivity index (χ2n) is 3.02. The van der Waals surface area contributed by atoms with Crippen molar-refractivity contribution in [3.8, 4) is 0 Å². The number of unbranched alkanes of at least 4 members (excludes halogenated alkanes) is 3. The molecule has 1 aromatic rings. The van der Waals surface area contributed by atoms with Crippen LogP contribution in [0, 0.1) is 10.1 Å². The van der Waals surface area contributed by atoms with Gasteiger partial charge in [0.2, 0.25) is 0 Å². The molecule has 0 spiro atoms. The summed E-state index contributed by atoms with van der Waals surface area (Å²) >= 11 is 0. The van der Waals surface area contributed by atoms with Crippen LogP contribution < -0.4 is 0 Å². The lowest BCUT2D eigenvalue weighted by Crippen LogP contribution is -2.12. The Balaban J connectivity index is 2.33. The van der Waals surface area contributed by atoms with Crippen LogP contribution in [0.15, 0.2) is 0 Å². The molecule has 0 radical (unpaired) electrons. The van der Waals surface area contributed by atoms with Crippen LogP contribution in [-0.2, 0) is 6.42 Å². The van der Waals surface area contributed by atoms with Crippen LogP contribution in [0.25, 0.3) is 0 Å². The number of hydrogen-bond acceptors (Lipinski definition) is 5. The Kier molecular flexibility index (Phi) is 3.96. The second kappa shape index (κ2) is 5.25. The fourth-order valence-electron chi connectivity index (χ4n) is 1.11. The minimum atomic E-state index is -0.706. The molecule has 0 saturated heterocycles. The van der Waals surface area contributed by atoms with Gasteiger partial charge in [-0.25, -0.2) is 0 Å². The molecular formula is C7H13N5O2. The Bertz CT molecular complexity index is 298. The second-order valence-corrected chi connectivity index (χ2v) is 3.02. The monoisotopic (exact) mass is 199 g/mol. The van der Waals surface area contributed by atoms with Gasteiger partial charge in [0, 0.05) is 16.6 Å². The summed E-state index contributed by atoms with van der Waals surface area (Å²) in [4.78, 5) is 10.6. The molecule has 0 aliphatic rings. The van der Waals surface area contributed by atoms with Crippen LogP contribution in [0.3, 0.4) is 0 Å². The van der Waals surface area contributed by atoms with Crippen LogP contribution >= 0.6 is 0 Å². The Hall–Kier alpha value is -1.53. The van der Waals surface area contributed by atoms with E-state index in [1.807, 2.05) is 0 Å². The molecule has 0 amide bonds. The number of aromatic nitrogens is 4. The lowest BCUT2D eigenvalue weighted by Gasteiger charge is -1.92. The highest BCUT2D eigenvalue weighted by Gasteiger charge is 2.11. The van der Waals surface area contributed by atoms with Gasteiger partial charge in [0.1, 0.15) is 5.21 Å². The van der Waals surface area contributed by atoms with Crippen molar-refractivity contribution in [1.29, 1.82) is 0 Å². The molecule has 14 heavy (non-hydrogen) atoms. The molecule has 7 heteroatoms. The Morgan fingerprint density at radius 2 is 2.21 bits per heavy atom. The quantitative estimate of drug-likeness (QED) is 0.385. The van der Waals surface area contributed by atoms with E-state index in [1.165, 1.54) is 6.42 Å². The van der Waals surface area contributed by atoms with E-state index in [0.717, 1.165) is 19.3 Å². The zero-order valence-electron chi connectivity index (χ0n) is 8.09. The van der Waals surface area contributed by atoms with Crippen LogP contribution in [0.5, 0.6) is 0 Å². The highest BCUT2D eigenvalue weighted by Crippen LogP contribution is 2.02. The summed E-state index contributed by atoms with van der Waals surface area (Å²) in [6, 6.07) is 0. The lowest BCUT2D eigenvalue weighted by molar-refractivity contribution is -0.564. The van der Waals surface area contributed by atoms with Gasteiger partial charge in [-0.2, -0.15) is 0 Å². The average Bonchev–Trinajstić information content (AvgIpc) is 2.61. The summed E-state index contributed by atoms with van der Waals surface area (Å²) in [5.74, 6) is 0.442. The van der Waals surface area contributed by atoms with Gasteiger partial charge in [0.25, 0.3) is 5.82 Å². The minimum Gasteiger partial charge on any atom is -0.372 e. The maximum Gasteiger partial charge on any atom is 0.270 e. The van der Waals surface area contributed by atoms with E-state index in [-0.39, 0.29) is 0 Å².